The molecule has 0 atom stereocenters. The van der Waals surface area contributed by atoms with Crippen molar-refractivity contribution in [3.63, 3.8) is 0 Å². The van der Waals surface area contributed by atoms with Crippen LogP contribution in [0.1, 0.15) is 20.3 Å². The number of allylic oxidation sites excluding steroid dienone is 2. The summed E-state index contributed by atoms with van der Waals surface area (Å²) in [7, 11) is 0. The fraction of sp³-hybridized carbons (Fsp3) is 0.429. The van der Waals surface area contributed by atoms with Crippen LogP contribution in [0.3, 0.4) is 0 Å². The smallest absolute Gasteiger partial charge is 0.0183 e. The van der Waals surface area contributed by atoms with Crippen LogP contribution in [0.4, 0.5) is 0 Å². The third-order valence-corrected chi connectivity index (χ3v) is 1.80. The minimum absolute atomic E-state index is 1.06. The normalized spacial score (nSPS) is 10.2. The molecule has 46 valence electrons. The van der Waals surface area contributed by atoms with Gasteiger partial charge in [-0.25, -0.2) is 0 Å². The molecule has 0 amide bonds. The predicted octanol–water partition coefficient (Wildman–Crippen LogP) is 3.18. The number of hydrogen-bond acceptors (Lipinski definition) is 1. The summed E-state index contributed by atoms with van der Waals surface area (Å²) in [6.45, 7) is 7.94. The molecule has 0 heterocycles. The van der Waals surface area contributed by atoms with Crippen molar-refractivity contribution in [1.29, 1.82) is 0 Å². The molecule has 0 spiro atoms. The largest absolute Gasteiger partial charge is 0.104 e. The molecule has 0 fully saturated rings. The molecule has 0 rings (SSSR count). The quantitative estimate of drug-likeness (QED) is 0.562. The number of hydrogen-bond donors (Lipinski definition) is 0. The minimum atomic E-state index is 1.06. The zero-order chi connectivity index (χ0) is 6.41. The Bertz CT molecular complexity index is 92.6. The molecule has 0 aliphatic rings. The van der Waals surface area contributed by atoms with Gasteiger partial charge in [-0.05, 0) is 23.7 Å². The van der Waals surface area contributed by atoms with E-state index in [-0.39, 0.29) is 0 Å². The Morgan fingerprint density at radius 3 is 2.75 bits per heavy atom. The van der Waals surface area contributed by atoms with Crippen LogP contribution in [0.25, 0.3) is 0 Å². The highest BCUT2D eigenvalue weighted by Gasteiger charge is 1.82. The lowest BCUT2D eigenvalue weighted by Gasteiger charge is -1.91. The van der Waals surface area contributed by atoms with Crippen molar-refractivity contribution in [2.75, 3.05) is 0 Å². The molecular weight excluding hydrogens is 116 g/mol. The maximum atomic E-state index is 3.82. The Hall–Kier alpha value is -0.170. The highest BCUT2D eigenvalue weighted by atomic mass is 32.2. The molecule has 0 radical (unpaired) electrons. The highest BCUT2D eigenvalue weighted by molar-refractivity contribution is 8.05. The third-order valence-electron chi connectivity index (χ3n) is 0.765. The van der Waals surface area contributed by atoms with Crippen LogP contribution in [0.2, 0.25) is 0 Å². The molecule has 1 heteroatoms. The van der Waals surface area contributed by atoms with Gasteiger partial charge in [0.2, 0.25) is 0 Å². The molecule has 0 aromatic heterocycles. The monoisotopic (exact) mass is 128 g/mol. The van der Waals surface area contributed by atoms with E-state index < -0.39 is 0 Å². The predicted molar refractivity (Wildman–Crippen MR) is 41.8 cm³/mol. The van der Waals surface area contributed by atoms with Gasteiger partial charge in [0.15, 0.2) is 0 Å². The van der Waals surface area contributed by atoms with E-state index in [2.05, 4.69) is 13.5 Å². The van der Waals surface area contributed by atoms with Crippen LogP contribution in [0.15, 0.2) is 23.0 Å². The Morgan fingerprint density at radius 1 is 1.75 bits per heavy atom. The second-order valence-corrected chi connectivity index (χ2v) is 2.56. The molecule has 0 aliphatic carbocycles. The molecular formula is C7H12S. The van der Waals surface area contributed by atoms with E-state index >= 15 is 0 Å². The molecule has 0 aliphatic heterocycles. The highest BCUT2D eigenvalue weighted by Crippen LogP contribution is 2.16. The molecule has 0 bridgehead atoms. The Kier molecular flexibility index (Phi) is 4.87. The first kappa shape index (κ1) is 7.83. The van der Waals surface area contributed by atoms with Crippen molar-refractivity contribution in [2.24, 2.45) is 0 Å². The maximum absolute atomic E-state index is 3.82. The van der Waals surface area contributed by atoms with E-state index in [0.29, 0.717) is 0 Å². The lowest BCUT2D eigenvalue weighted by molar-refractivity contribution is 1.21. The summed E-state index contributed by atoms with van der Waals surface area (Å²) in [6.07, 6.45) is 3.08. The van der Waals surface area contributed by atoms with Gasteiger partial charge in [-0.2, -0.15) is 0 Å². The lowest BCUT2D eigenvalue weighted by atomic mass is 10.5. The average molecular weight is 128 g/mol. The van der Waals surface area contributed by atoms with Crippen molar-refractivity contribution in [3.8, 4) is 0 Å². The second kappa shape index (κ2) is 4.98. The summed E-state index contributed by atoms with van der Waals surface area (Å²) in [4.78, 5) is 1.23. The van der Waals surface area contributed by atoms with E-state index in [1.165, 1.54) is 4.91 Å². The first-order chi connectivity index (χ1) is 3.81. The summed E-state index contributed by atoms with van der Waals surface area (Å²) < 4.78 is 0. The molecule has 0 aromatic carbocycles. The zero-order valence-corrected chi connectivity index (χ0v) is 6.29. The van der Waals surface area contributed by atoms with Crippen molar-refractivity contribution in [2.45, 2.75) is 20.3 Å². The average Bonchev–Trinajstić information content (AvgIpc) is 1.83. The van der Waals surface area contributed by atoms with Crippen LogP contribution in [0, 0.1) is 0 Å². The summed E-state index contributed by atoms with van der Waals surface area (Å²) in [5.74, 6) is 0. The van der Waals surface area contributed by atoms with Crippen molar-refractivity contribution in [1.82, 2.24) is 0 Å². The maximum Gasteiger partial charge on any atom is -0.0183 e. The molecule has 0 nitrogen and oxygen atoms in total. The standard InChI is InChI=1S/C7H12S/c1-4-6-8-7(3)5-2/h4,6H,3,5H2,1-2H3/b6-4-. The van der Waals surface area contributed by atoms with E-state index in [9.17, 15) is 0 Å². The van der Waals surface area contributed by atoms with Crippen molar-refractivity contribution in [3.05, 3.63) is 23.0 Å². The van der Waals surface area contributed by atoms with Gasteiger partial charge in [-0.15, -0.1) is 11.8 Å². The molecule has 0 aromatic rings. The van der Waals surface area contributed by atoms with Gasteiger partial charge in [0, 0.05) is 0 Å². The van der Waals surface area contributed by atoms with Crippen molar-refractivity contribution < 1.29 is 0 Å². The van der Waals surface area contributed by atoms with Gasteiger partial charge in [-0.3, -0.25) is 0 Å². The Morgan fingerprint density at radius 2 is 2.38 bits per heavy atom. The second-order valence-electron chi connectivity index (χ2n) is 1.48. The van der Waals surface area contributed by atoms with Gasteiger partial charge in [0.1, 0.15) is 0 Å². The van der Waals surface area contributed by atoms with Crippen LogP contribution in [-0.2, 0) is 0 Å². The first-order valence-corrected chi connectivity index (χ1v) is 3.64. The molecule has 0 N–H and O–H groups in total. The third kappa shape index (κ3) is 4.00. The van der Waals surface area contributed by atoms with Crippen LogP contribution < -0.4 is 0 Å². The van der Waals surface area contributed by atoms with E-state index in [1.54, 1.807) is 11.8 Å². The molecule has 0 saturated carbocycles. The SMILES string of the molecule is C=C(CC)S/C=C\C. The summed E-state index contributed by atoms with van der Waals surface area (Å²) in [6, 6.07) is 0. The number of thioether (sulfide) groups is 1. The van der Waals surface area contributed by atoms with Gasteiger partial charge in [-0.1, -0.05) is 19.6 Å². The first-order valence-electron chi connectivity index (χ1n) is 2.76. The molecule has 0 saturated heterocycles. The fourth-order valence-corrected chi connectivity index (χ4v) is 0.743. The van der Waals surface area contributed by atoms with E-state index in [1.807, 2.05) is 18.4 Å². The Labute approximate surface area is 55.7 Å². The topological polar surface area (TPSA) is 0 Å². The van der Waals surface area contributed by atoms with Crippen molar-refractivity contribution >= 4 is 11.8 Å². The van der Waals surface area contributed by atoms with Crippen LogP contribution in [-0.4, -0.2) is 0 Å². The van der Waals surface area contributed by atoms with Gasteiger partial charge in [0.25, 0.3) is 0 Å². The van der Waals surface area contributed by atoms with Crippen LogP contribution in [0.5, 0.6) is 0 Å². The van der Waals surface area contributed by atoms with E-state index in [4.69, 9.17) is 0 Å². The lowest BCUT2D eigenvalue weighted by Crippen LogP contribution is -1.62. The van der Waals surface area contributed by atoms with Crippen LogP contribution >= 0.6 is 11.8 Å². The molecule has 8 heavy (non-hydrogen) atoms. The number of rotatable bonds is 3. The summed E-state index contributed by atoms with van der Waals surface area (Å²) >= 11 is 1.70. The van der Waals surface area contributed by atoms with Gasteiger partial charge < -0.3 is 0 Å². The fourth-order valence-electron chi connectivity index (χ4n) is 0.248. The summed E-state index contributed by atoms with van der Waals surface area (Å²) in [5, 5.41) is 2.05. The minimum Gasteiger partial charge on any atom is -0.104 e. The van der Waals surface area contributed by atoms with Gasteiger partial charge in [0.05, 0.1) is 0 Å². The molecule has 0 unspecified atom stereocenters. The van der Waals surface area contributed by atoms with E-state index in [0.717, 1.165) is 6.42 Å². The summed E-state index contributed by atoms with van der Waals surface area (Å²) in [5.41, 5.74) is 0. The Balaban J connectivity index is 3.25. The van der Waals surface area contributed by atoms with Gasteiger partial charge >= 0.3 is 0 Å². The zero-order valence-electron chi connectivity index (χ0n) is 5.48.